The van der Waals surface area contributed by atoms with Gasteiger partial charge in [-0.2, -0.15) is 0 Å². The number of hydrogen-bond acceptors (Lipinski definition) is 4. The van der Waals surface area contributed by atoms with Gasteiger partial charge in [-0.3, -0.25) is 0 Å². The molecular weight excluding hydrogens is 250 g/mol. The molecular formula is C12H23NO2SSi. The first-order valence-corrected chi connectivity index (χ1v) is 9.69. The summed E-state index contributed by atoms with van der Waals surface area (Å²) in [6, 6.07) is 0. The van der Waals surface area contributed by atoms with Crippen LogP contribution in [-0.4, -0.2) is 18.4 Å². The number of aliphatic hydroxyl groups is 1. The van der Waals surface area contributed by atoms with Gasteiger partial charge in [0.1, 0.15) is 5.01 Å². The van der Waals surface area contributed by atoms with E-state index in [0.29, 0.717) is 0 Å². The molecule has 0 fully saturated rings. The fourth-order valence-electron chi connectivity index (χ4n) is 1.25. The molecule has 1 unspecified atom stereocenters. The zero-order valence-corrected chi connectivity index (χ0v) is 13.4. The molecule has 17 heavy (non-hydrogen) atoms. The van der Waals surface area contributed by atoms with Gasteiger partial charge in [0.2, 0.25) is 0 Å². The van der Waals surface area contributed by atoms with E-state index in [2.05, 4.69) is 38.8 Å². The Bertz CT molecular complexity index is 371. The third-order valence-electron chi connectivity index (χ3n) is 3.36. The summed E-state index contributed by atoms with van der Waals surface area (Å²) in [6.45, 7) is 13.2. The highest BCUT2D eigenvalue weighted by molar-refractivity contribution is 7.09. The van der Waals surface area contributed by atoms with E-state index in [9.17, 15) is 0 Å². The van der Waals surface area contributed by atoms with Crippen LogP contribution >= 0.6 is 11.3 Å². The third-order valence-corrected chi connectivity index (χ3v) is 8.97. The van der Waals surface area contributed by atoms with Crippen LogP contribution in [-0.2, 0) is 11.0 Å². The van der Waals surface area contributed by atoms with Crippen molar-refractivity contribution < 1.29 is 9.53 Å². The van der Waals surface area contributed by atoms with Crippen LogP contribution < -0.4 is 0 Å². The summed E-state index contributed by atoms with van der Waals surface area (Å²) in [6.07, 6.45) is 0.0150. The molecule has 3 nitrogen and oxygen atoms in total. The lowest BCUT2D eigenvalue weighted by Crippen LogP contribution is -2.41. The maximum Gasteiger partial charge on any atom is 0.193 e. The quantitative estimate of drug-likeness (QED) is 0.850. The fourth-order valence-corrected chi connectivity index (χ4v) is 3.48. The zero-order valence-electron chi connectivity index (χ0n) is 11.6. The molecule has 1 rings (SSSR count). The summed E-state index contributed by atoms with van der Waals surface area (Å²) in [5.74, 6) is 0. The molecule has 0 bridgehead atoms. The Morgan fingerprint density at radius 2 is 2.06 bits per heavy atom. The van der Waals surface area contributed by atoms with Crippen molar-refractivity contribution in [3.8, 4) is 0 Å². The van der Waals surface area contributed by atoms with Crippen LogP contribution in [0.4, 0.5) is 0 Å². The van der Waals surface area contributed by atoms with Gasteiger partial charge in [-0.05, 0) is 25.1 Å². The minimum Gasteiger partial charge on any atom is -0.408 e. The summed E-state index contributed by atoms with van der Waals surface area (Å²) in [5.41, 5.74) is 0.732. The highest BCUT2D eigenvalue weighted by Crippen LogP contribution is 2.39. The van der Waals surface area contributed by atoms with Gasteiger partial charge in [-0.15, -0.1) is 11.3 Å². The molecule has 98 valence electrons. The van der Waals surface area contributed by atoms with Crippen LogP contribution in [0.25, 0.3) is 0 Å². The lowest BCUT2D eigenvalue weighted by atomic mass is 10.2. The molecule has 0 aliphatic rings. The molecule has 0 aliphatic carbocycles. The van der Waals surface area contributed by atoms with Crippen LogP contribution in [0.2, 0.25) is 18.1 Å². The first-order chi connectivity index (χ1) is 7.67. The van der Waals surface area contributed by atoms with Crippen molar-refractivity contribution in [2.45, 2.75) is 58.5 Å². The molecule has 1 aromatic heterocycles. The highest BCUT2D eigenvalue weighted by Gasteiger charge is 2.39. The molecule has 5 heteroatoms. The van der Waals surface area contributed by atoms with Crippen molar-refractivity contribution in [3.63, 3.8) is 0 Å². The average Bonchev–Trinajstić information content (AvgIpc) is 2.63. The van der Waals surface area contributed by atoms with Gasteiger partial charge >= 0.3 is 0 Å². The Hall–Kier alpha value is -0.233. The number of thiazole rings is 1. The van der Waals surface area contributed by atoms with Gasteiger partial charge in [0.25, 0.3) is 0 Å². The van der Waals surface area contributed by atoms with Crippen LogP contribution in [0, 0.1) is 0 Å². The molecule has 0 saturated heterocycles. The lowest BCUT2D eigenvalue weighted by molar-refractivity contribution is 0.201. The largest absolute Gasteiger partial charge is 0.408 e. The predicted octanol–water partition coefficient (Wildman–Crippen LogP) is 3.72. The fraction of sp³-hybridized carbons (Fsp3) is 0.750. The standard InChI is InChI=1S/C12H23NO2SSi/c1-9(11-13-10(7-14)8-16-11)15-17(5,6)12(2,3)4/h8-9,14H,7H2,1-6H3. The smallest absolute Gasteiger partial charge is 0.193 e. The van der Waals surface area contributed by atoms with E-state index >= 15 is 0 Å². The Kier molecular flexibility index (Phi) is 4.52. The van der Waals surface area contributed by atoms with Crippen molar-refractivity contribution in [2.75, 3.05) is 0 Å². The summed E-state index contributed by atoms with van der Waals surface area (Å²) in [4.78, 5) is 4.36. The molecule has 1 atom stereocenters. The topological polar surface area (TPSA) is 42.4 Å². The van der Waals surface area contributed by atoms with Crippen molar-refractivity contribution >= 4 is 19.7 Å². The molecule has 0 aromatic carbocycles. The van der Waals surface area contributed by atoms with E-state index in [1.165, 1.54) is 0 Å². The van der Waals surface area contributed by atoms with Crippen LogP contribution in [0.5, 0.6) is 0 Å². The molecule has 1 heterocycles. The summed E-state index contributed by atoms with van der Waals surface area (Å²) >= 11 is 1.56. The second-order valence-corrected chi connectivity index (χ2v) is 11.5. The van der Waals surface area contributed by atoms with Crippen LogP contribution in [0.3, 0.4) is 0 Å². The number of aliphatic hydroxyl groups excluding tert-OH is 1. The maximum atomic E-state index is 9.01. The van der Waals surface area contributed by atoms with E-state index in [0.717, 1.165) is 10.7 Å². The van der Waals surface area contributed by atoms with Crippen molar-refractivity contribution in [3.05, 3.63) is 16.1 Å². The van der Waals surface area contributed by atoms with Gasteiger partial charge in [-0.1, -0.05) is 20.8 Å². The number of hydrogen-bond donors (Lipinski definition) is 1. The molecule has 0 aliphatic heterocycles. The Morgan fingerprint density at radius 1 is 1.47 bits per heavy atom. The minimum absolute atomic E-state index is 0.00329. The molecule has 0 amide bonds. The Labute approximate surface area is 109 Å². The van der Waals surface area contributed by atoms with E-state index in [1.54, 1.807) is 11.3 Å². The molecule has 0 radical (unpaired) electrons. The second-order valence-electron chi connectivity index (χ2n) is 5.86. The number of aromatic nitrogens is 1. The van der Waals surface area contributed by atoms with Gasteiger partial charge in [0, 0.05) is 5.38 Å². The van der Waals surface area contributed by atoms with Crippen LogP contribution in [0.1, 0.15) is 44.5 Å². The molecule has 1 aromatic rings. The normalized spacial score (nSPS) is 15.0. The summed E-state index contributed by atoms with van der Waals surface area (Å²) in [7, 11) is -1.75. The predicted molar refractivity (Wildman–Crippen MR) is 74.7 cm³/mol. The Morgan fingerprint density at radius 3 is 2.47 bits per heavy atom. The van der Waals surface area contributed by atoms with Crippen molar-refractivity contribution in [2.24, 2.45) is 0 Å². The van der Waals surface area contributed by atoms with Crippen molar-refractivity contribution in [1.82, 2.24) is 4.98 Å². The monoisotopic (exact) mass is 273 g/mol. The number of nitrogens with zero attached hydrogens (tertiary/aromatic N) is 1. The third kappa shape index (κ3) is 3.61. The van der Waals surface area contributed by atoms with E-state index in [4.69, 9.17) is 9.53 Å². The second kappa shape index (κ2) is 5.18. The van der Waals surface area contributed by atoms with Gasteiger partial charge in [0.15, 0.2) is 8.32 Å². The first-order valence-electron chi connectivity index (χ1n) is 5.90. The first kappa shape index (κ1) is 14.8. The van der Waals surface area contributed by atoms with E-state index in [1.807, 2.05) is 12.3 Å². The lowest BCUT2D eigenvalue weighted by Gasteiger charge is -2.38. The van der Waals surface area contributed by atoms with Crippen LogP contribution in [0.15, 0.2) is 5.38 Å². The molecule has 1 N–H and O–H groups in total. The van der Waals surface area contributed by atoms with Crippen molar-refractivity contribution in [1.29, 1.82) is 0 Å². The van der Waals surface area contributed by atoms with E-state index < -0.39 is 8.32 Å². The van der Waals surface area contributed by atoms with Gasteiger partial charge in [-0.25, -0.2) is 4.98 Å². The minimum atomic E-state index is -1.75. The SMILES string of the molecule is CC(O[Si](C)(C)C(C)(C)C)c1nc(CO)cs1. The Balaban J connectivity index is 2.75. The highest BCUT2D eigenvalue weighted by atomic mass is 32.1. The average molecular weight is 273 g/mol. The van der Waals surface area contributed by atoms with E-state index in [-0.39, 0.29) is 17.7 Å². The number of rotatable bonds is 4. The maximum absolute atomic E-state index is 9.01. The molecule has 0 spiro atoms. The van der Waals surface area contributed by atoms with Gasteiger partial charge < -0.3 is 9.53 Å². The molecule has 0 saturated carbocycles. The summed E-state index contributed by atoms with van der Waals surface area (Å²) < 4.78 is 6.25. The summed E-state index contributed by atoms with van der Waals surface area (Å²) in [5, 5.41) is 12.1. The van der Waals surface area contributed by atoms with Gasteiger partial charge in [0.05, 0.1) is 18.4 Å². The zero-order chi connectivity index (χ0) is 13.3.